The summed E-state index contributed by atoms with van der Waals surface area (Å²) in [4.78, 5) is 40.0. The van der Waals surface area contributed by atoms with E-state index >= 15 is 0 Å². The number of piperazine rings is 1. The summed E-state index contributed by atoms with van der Waals surface area (Å²) in [5, 5.41) is 2.77. The van der Waals surface area contributed by atoms with Crippen LogP contribution in [0, 0.1) is 6.92 Å². The maximum atomic E-state index is 12.4. The summed E-state index contributed by atoms with van der Waals surface area (Å²) in [6, 6.07) is 7.65. The first-order valence-electron chi connectivity index (χ1n) is 9.01. The van der Waals surface area contributed by atoms with Gasteiger partial charge in [0.05, 0.1) is 0 Å². The Morgan fingerprint density at radius 1 is 1.04 bits per heavy atom. The molecular weight excluding hydrogens is 318 g/mol. The van der Waals surface area contributed by atoms with Crippen LogP contribution in [-0.4, -0.2) is 53.2 Å². The molecule has 2 aliphatic rings. The molecule has 3 rings (SSSR count). The number of rotatable bonds is 4. The molecule has 0 atom stereocenters. The predicted molar refractivity (Wildman–Crippen MR) is 95.0 cm³/mol. The summed E-state index contributed by atoms with van der Waals surface area (Å²) in [6.07, 6.45) is 5.40. The Balaban J connectivity index is 1.55. The van der Waals surface area contributed by atoms with Crippen molar-refractivity contribution in [2.75, 3.05) is 25.0 Å². The molecule has 1 N–H and O–H groups in total. The van der Waals surface area contributed by atoms with E-state index in [-0.39, 0.29) is 18.5 Å². The zero-order valence-corrected chi connectivity index (χ0v) is 14.7. The number of anilines is 1. The molecule has 0 bridgehead atoms. The lowest BCUT2D eigenvalue weighted by Gasteiger charge is -2.39. The molecule has 1 aromatic rings. The summed E-state index contributed by atoms with van der Waals surface area (Å²) in [6.45, 7) is 2.83. The highest BCUT2D eigenvalue weighted by atomic mass is 16.2. The zero-order valence-electron chi connectivity index (χ0n) is 14.7. The van der Waals surface area contributed by atoms with Gasteiger partial charge in [0.15, 0.2) is 0 Å². The Morgan fingerprint density at radius 2 is 1.72 bits per heavy atom. The van der Waals surface area contributed by atoms with E-state index in [1.807, 2.05) is 31.2 Å². The van der Waals surface area contributed by atoms with Crippen molar-refractivity contribution in [3.63, 3.8) is 0 Å². The first kappa shape index (κ1) is 17.5. The molecule has 134 valence electrons. The summed E-state index contributed by atoms with van der Waals surface area (Å²) >= 11 is 0. The van der Waals surface area contributed by atoms with E-state index in [2.05, 4.69) is 5.32 Å². The lowest BCUT2D eigenvalue weighted by atomic mass is 9.93. The number of aryl methyl sites for hydroxylation is 1. The van der Waals surface area contributed by atoms with Crippen LogP contribution in [0.5, 0.6) is 0 Å². The molecule has 1 saturated carbocycles. The van der Waals surface area contributed by atoms with Gasteiger partial charge in [-0.25, -0.2) is 0 Å². The lowest BCUT2D eigenvalue weighted by molar-refractivity contribution is -0.158. The summed E-state index contributed by atoms with van der Waals surface area (Å²) in [5.41, 5.74) is 1.80. The fourth-order valence-corrected chi connectivity index (χ4v) is 3.59. The Bertz CT molecular complexity index is 650. The molecule has 25 heavy (non-hydrogen) atoms. The first-order chi connectivity index (χ1) is 12.0. The molecule has 2 fully saturated rings. The molecule has 3 amide bonds. The van der Waals surface area contributed by atoms with Gasteiger partial charge in [-0.05, 0) is 31.9 Å². The maximum Gasteiger partial charge on any atom is 0.312 e. The molecular formula is C19H25N3O3. The molecule has 1 saturated heterocycles. The number of carbonyl (C=O) groups is 3. The van der Waals surface area contributed by atoms with E-state index in [9.17, 15) is 14.4 Å². The molecule has 1 aromatic carbocycles. The molecule has 1 aliphatic carbocycles. The third-order valence-electron chi connectivity index (χ3n) is 5.03. The standard InChI is InChI=1S/C19H25N3O3/c1-14-7-9-15(10-8-14)20-17(23)13-21-11-12-22(19(25)18(21)24)16-5-3-2-4-6-16/h7-10,16H,2-6,11-13H2,1H3,(H,20,23). The van der Waals surface area contributed by atoms with E-state index in [0.717, 1.165) is 31.2 Å². The summed E-state index contributed by atoms with van der Waals surface area (Å²) in [7, 11) is 0. The van der Waals surface area contributed by atoms with Crippen LogP contribution in [0.2, 0.25) is 0 Å². The van der Waals surface area contributed by atoms with Crippen LogP contribution in [0.1, 0.15) is 37.7 Å². The predicted octanol–water partition coefficient (Wildman–Crippen LogP) is 1.94. The third kappa shape index (κ3) is 4.18. The van der Waals surface area contributed by atoms with Gasteiger partial charge in [0.1, 0.15) is 6.54 Å². The first-order valence-corrected chi connectivity index (χ1v) is 9.01. The van der Waals surface area contributed by atoms with Crippen molar-refractivity contribution in [3.05, 3.63) is 29.8 Å². The fraction of sp³-hybridized carbons (Fsp3) is 0.526. The van der Waals surface area contributed by atoms with Gasteiger partial charge in [-0.15, -0.1) is 0 Å². The van der Waals surface area contributed by atoms with Gasteiger partial charge in [0.25, 0.3) is 0 Å². The van der Waals surface area contributed by atoms with Gasteiger partial charge >= 0.3 is 11.8 Å². The Morgan fingerprint density at radius 3 is 2.40 bits per heavy atom. The molecule has 6 heteroatoms. The Kier molecular flexibility index (Phi) is 5.36. The molecule has 1 heterocycles. The molecule has 1 aliphatic heterocycles. The van der Waals surface area contributed by atoms with Crippen LogP contribution < -0.4 is 5.32 Å². The summed E-state index contributed by atoms with van der Waals surface area (Å²) in [5.74, 6) is -1.30. The normalized spacial score (nSPS) is 19.2. The highest BCUT2D eigenvalue weighted by molar-refractivity contribution is 6.35. The van der Waals surface area contributed by atoms with Crippen molar-refractivity contribution in [1.82, 2.24) is 9.80 Å². The third-order valence-corrected chi connectivity index (χ3v) is 5.03. The van der Waals surface area contributed by atoms with Crippen molar-refractivity contribution >= 4 is 23.4 Å². The average molecular weight is 343 g/mol. The topological polar surface area (TPSA) is 69.7 Å². The number of nitrogens with one attached hydrogen (secondary N) is 1. The van der Waals surface area contributed by atoms with Crippen molar-refractivity contribution in [2.24, 2.45) is 0 Å². The second-order valence-electron chi connectivity index (χ2n) is 6.93. The highest BCUT2D eigenvalue weighted by Crippen LogP contribution is 2.24. The quantitative estimate of drug-likeness (QED) is 0.850. The van der Waals surface area contributed by atoms with Crippen LogP contribution in [0.3, 0.4) is 0 Å². The highest BCUT2D eigenvalue weighted by Gasteiger charge is 2.37. The van der Waals surface area contributed by atoms with E-state index in [4.69, 9.17) is 0 Å². The van der Waals surface area contributed by atoms with Gasteiger partial charge in [-0.3, -0.25) is 14.4 Å². The molecule has 0 radical (unpaired) electrons. The number of amides is 3. The van der Waals surface area contributed by atoms with Crippen LogP contribution in [0.15, 0.2) is 24.3 Å². The smallest absolute Gasteiger partial charge is 0.312 e. The second kappa shape index (κ2) is 7.68. The number of nitrogens with zero attached hydrogens (tertiary/aromatic N) is 2. The number of hydrogen-bond acceptors (Lipinski definition) is 3. The monoisotopic (exact) mass is 343 g/mol. The number of hydrogen-bond donors (Lipinski definition) is 1. The Hall–Kier alpha value is -2.37. The molecule has 6 nitrogen and oxygen atoms in total. The minimum atomic E-state index is -0.559. The van der Waals surface area contributed by atoms with Crippen LogP contribution in [0.4, 0.5) is 5.69 Å². The average Bonchev–Trinajstić information content (AvgIpc) is 2.62. The van der Waals surface area contributed by atoms with Gasteiger partial charge in [-0.2, -0.15) is 0 Å². The van der Waals surface area contributed by atoms with Crippen molar-refractivity contribution in [2.45, 2.75) is 45.1 Å². The van der Waals surface area contributed by atoms with Crippen LogP contribution in [-0.2, 0) is 14.4 Å². The van der Waals surface area contributed by atoms with Gasteiger partial charge in [0.2, 0.25) is 5.91 Å². The van der Waals surface area contributed by atoms with Crippen molar-refractivity contribution < 1.29 is 14.4 Å². The second-order valence-corrected chi connectivity index (χ2v) is 6.93. The van der Waals surface area contributed by atoms with E-state index in [1.54, 1.807) is 4.90 Å². The fourth-order valence-electron chi connectivity index (χ4n) is 3.59. The minimum absolute atomic E-state index is 0.0864. The van der Waals surface area contributed by atoms with Crippen LogP contribution in [0.25, 0.3) is 0 Å². The Labute approximate surface area is 148 Å². The molecule has 0 spiro atoms. The van der Waals surface area contributed by atoms with E-state index in [1.165, 1.54) is 11.3 Å². The largest absolute Gasteiger partial charge is 0.330 e. The summed E-state index contributed by atoms with van der Waals surface area (Å²) < 4.78 is 0. The minimum Gasteiger partial charge on any atom is -0.330 e. The molecule has 0 unspecified atom stereocenters. The van der Waals surface area contributed by atoms with Crippen molar-refractivity contribution in [1.29, 1.82) is 0 Å². The van der Waals surface area contributed by atoms with E-state index in [0.29, 0.717) is 18.8 Å². The lowest BCUT2D eigenvalue weighted by Crippen LogP contribution is -2.58. The van der Waals surface area contributed by atoms with Crippen molar-refractivity contribution in [3.8, 4) is 0 Å². The number of benzene rings is 1. The van der Waals surface area contributed by atoms with Gasteiger partial charge in [-0.1, -0.05) is 37.0 Å². The molecule has 0 aromatic heterocycles. The van der Waals surface area contributed by atoms with E-state index < -0.39 is 11.8 Å². The number of carbonyl (C=O) groups excluding carboxylic acids is 3. The zero-order chi connectivity index (χ0) is 17.8. The maximum absolute atomic E-state index is 12.4. The van der Waals surface area contributed by atoms with Crippen LogP contribution >= 0.6 is 0 Å². The van der Waals surface area contributed by atoms with Gasteiger partial charge < -0.3 is 15.1 Å². The SMILES string of the molecule is Cc1ccc(NC(=O)CN2CCN(C3CCCCC3)C(=O)C2=O)cc1. The van der Waals surface area contributed by atoms with Gasteiger partial charge in [0, 0.05) is 24.8 Å².